The summed E-state index contributed by atoms with van der Waals surface area (Å²) in [6.45, 7) is 3.83. The summed E-state index contributed by atoms with van der Waals surface area (Å²) in [5.41, 5.74) is 6.81. The van der Waals surface area contributed by atoms with Gasteiger partial charge in [0.1, 0.15) is 24.0 Å². The Morgan fingerprint density at radius 3 is 2.76 bits per heavy atom. The van der Waals surface area contributed by atoms with Crippen LogP contribution in [-0.2, 0) is 6.42 Å². The van der Waals surface area contributed by atoms with Gasteiger partial charge in [0.2, 0.25) is 0 Å². The Hall–Kier alpha value is -4.55. The lowest BCUT2D eigenvalue weighted by Gasteiger charge is -2.12. The Balaban J connectivity index is 1.55. The monoisotopic (exact) mass is 450 g/mol. The molecular formula is C25H22N8O. The number of nitrogens with zero attached hydrogens (tertiary/aromatic N) is 6. The van der Waals surface area contributed by atoms with Crippen molar-refractivity contribution in [1.82, 2.24) is 29.7 Å². The van der Waals surface area contributed by atoms with E-state index in [4.69, 9.17) is 4.98 Å². The molecule has 0 aliphatic heterocycles. The van der Waals surface area contributed by atoms with Gasteiger partial charge in [-0.2, -0.15) is 10.4 Å². The predicted octanol–water partition coefficient (Wildman–Crippen LogP) is 3.97. The van der Waals surface area contributed by atoms with Gasteiger partial charge in [0.25, 0.3) is 0 Å². The highest BCUT2D eigenvalue weighted by atomic mass is 16.2. The molecule has 0 radical (unpaired) electrons. The number of anilines is 2. The molecule has 34 heavy (non-hydrogen) atoms. The lowest BCUT2D eigenvalue weighted by Crippen LogP contribution is -2.03. The summed E-state index contributed by atoms with van der Waals surface area (Å²) in [7, 11) is 0. The lowest BCUT2D eigenvalue weighted by atomic mass is 10.0. The van der Waals surface area contributed by atoms with E-state index >= 15 is 0 Å². The lowest BCUT2D eigenvalue weighted by molar-refractivity contribution is 0.299. The van der Waals surface area contributed by atoms with E-state index in [1.807, 2.05) is 67.1 Å². The summed E-state index contributed by atoms with van der Waals surface area (Å²) < 4.78 is 1.90. The fourth-order valence-electron chi connectivity index (χ4n) is 3.91. The summed E-state index contributed by atoms with van der Waals surface area (Å²) in [6.07, 6.45) is 3.97. The molecule has 1 aromatic carbocycles. The van der Waals surface area contributed by atoms with E-state index in [9.17, 15) is 10.4 Å². The van der Waals surface area contributed by atoms with Crippen molar-refractivity contribution in [3.8, 4) is 23.1 Å². The number of aryl methyl sites for hydroxylation is 2. The molecule has 0 aliphatic rings. The fraction of sp³-hybridized carbons (Fsp3) is 0.160. The molecule has 0 saturated heterocycles. The van der Waals surface area contributed by atoms with E-state index in [2.05, 4.69) is 31.6 Å². The highest BCUT2D eigenvalue weighted by Crippen LogP contribution is 2.30. The maximum atomic E-state index is 9.54. The molecule has 0 bridgehead atoms. The van der Waals surface area contributed by atoms with Gasteiger partial charge < -0.3 is 10.4 Å². The van der Waals surface area contributed by atoms with Gasteiger partial charge in [-0.3, -0.25) is 9.67 Å². The average Bonchev–Trinajstić information content (AvgIpc) is 3.44. The van der Waals surface area contributed by atoms with Crippen LogP contribution in [-0.4, -0.2) is 41.4 Å². The molecule has 9 heteroatoms. The van der Waals surface area contributed by atoms with Crippen LogP contribution in [0.5, 0.6) is 0 Å². The standard InChI is InChI=1S/C25H22N8O/c1-15-3-7-22(27-13-15)29-18-5-6-21-19(11-18)28-14-33(21)23-8-4-17(9-10-34)25(30-23)24-16(2)31-32-20(24)12-26/h3-8,11,13-14,34H,9-10H2,1-2H3,(H,27,29)(H,31,32). The molecule has 4 heterocycles. The van der Waals surface area contributed by atoms with Gasteiger partial charge in [0.05, 0.1) is 22.3 Å². The first kappa shape index (κ1) is 21.3. The zero-order valence-corrected chi connectivity index (χ0v) is 18.7. The Kier molecular flexibility index (Phi) is 5.49. The minimum atomic E-state index is -0.0214. The van der Waals surface area contributed by atoms with Gasteiger partial charge in [0, 0.05) is 24.2 Å². The zero-order chi connectivity index (χ0) is 23.7. The second-order valence-corrected chi connectivity index (χ2v) is 8.00. The second kappa shape index (κ2) is 8.77. The van der Waals surface area contributed by atoms with E-state index in [0.29, 0.717) is 23.5 Å². The van der Waals surface area contributed by atoms with Crippen molar-refractivity contribution >= 4 is 22.5 Å². The third-order valence-electron chi connectivity index (χ3n) is 5.61. The van der Waals surface area contributed by atoms with Gasteiger partial charge in [-0.05, 0) is 61.7 Å². The number of imidazole rings is 1. The van der Waals surface area contributed by atoms with Crippen LogP contribution in [0.25, 0.3) is 28.1 Å². The van der Waals surface area contributed by atoms with Gasteiger partial charge in [0.15, 0.2) is 5.69 Å². The molecule has 5 aromatic rings. The quantitative estimate of drug-likeness (QED) is 0.357. The first-order valence-corrected chi connectivity index (χ1v) is 10.8. The first-order valence-electron chi connectivity index (χ1n) is 10.8. The maximum Gasteiger partial charge on any atom is 0.171 e. The average molecular weight is 451 g/mol. The number of aliphatic hydroxyl groups is 1. The van der Waals surface area contributed by atoms with Gasteiger partial charge in [-0.1, -0.05) is 12.1 Å². The number of rotatable bonds is 6. The van der Waals surface area contributed by atoms with Crippen molar-refractivity contribution in [2.75, 3.05) is 11.9 Å². The maximum absolute atomic E-state index is 9.54. The van der Waals surface area contributed by atoms with Gasteiger partial charge in [-0.15, -0.1) is 0 Å². The normalized spacial score (nSPS) is 11.0. The molecule has 0 aliphatic carbocycles. The smallest absolute Gasteiger partial charge is 0.171 e. The van der Waals surface area contributed by atoms with Crippen molar-refractivity contribution in [3.63, 3.8) is 0 Å². The molecule has 4 aromatic heterocycles. The molecule has 168 valence electrons. The Bertz CT molecular complexity index is 1530. The van der Waals surface area contributed by atoms with E-state index in [-0.39, 0.29) is 12.3 Å². The van der Waals surface area contributed by atoms with Crippen molar-refractivity contribution in [2.45, 2.75) is 20.3 Å². The third-order valence-corrected chi connectivity index (χ3v) is 5.61. The summed E-state index contributed by atoms with van der Waals surface area (Å²) in [6, 6.07) is 15.8. The fourth-order valence-corrected chi connectivity index (χ4v) is 3.91. The number of pyridine rings is 2. The Morgan fingerprint density at radius 1 is 1.12 bits per heavy atom. The topological polar surface area (TPSA) is 128 Å². The number of aliphatic hydroxyl groups excluding tert-OH is 1. The molecule has 9 nitrogen and oxygen atoms in total. The van der Waals surface area contributed by atoms with E-state index in [1.165, 1.54) is 0 Å². The van der Waals surface area contributed by atoms with Crippen LogP contribution in [0.3, 0.4) is 0 Å². The number of hydrogen-bond donors (Lipinski definition) is 3. The number of benzene rings is 1. The van der Waals surface area contributed by atoms with Crippen molar-refractivity contribution in [1.29, 1.82) is 5.26 Å². The highest BCUT2D eigenvalue weighted by Gasteiger charge is 2.19. The van der Waals surface area contributed by atoms with E-state index in [1.54, 1.807) is 6.33 Å². The molecule has 3 N–H and O–H groups in total. The number of H-pyrrole nitrogens is 1. The molecule has 0 saturated carbocycles. The number of fused-ring (bicyclic) bond motifs is 1. The van der Waals surface area contributed by atoms with E-state index in [0.717, 1.165) is 39.4 Å². The van der Waals surface area contributed by atoms with Crippen LogP contribution in [0.2, 0.25) is 0 Å². The number of nitriles is 1. The third kappa shape index (κ3) is 3.87. The summed E-state index contributed by atoms with van der Waals surface area (Å²) in [4.78, 5) is 13.8. The van der Waals surface area contributed by atoms with Gasteiger partial charge >= 0.3 is 0 Å². The largest absolute Gasteiger partial charge is 0.396 e. The van der Waals surface area contributed by atoms with Gasteiger partial charge in [-0.25, -0.2) is 15.0 Å². The van der Waals surface area contributed by atoms with Crippen LogP contribution in [0, 0.1) is 25.2 Å². The summed E-state index contributed by atoms with van der Waals surface area (Å²) in [5, 5.41) is 29.3. The number of aromatic nitrogens is 6. The van der Waals surface area contributed by atoms with Crippen LogP contribution >= 0.6 is 0 Å². The molecule has 5 rings (SSSR count). The SMILES string of the molecule is Cc1ccc(Nc2ccc3c(c2)ncn3-c2ccc(CCO)c(-c3c(C#N)n[nH]c3C)n2)nc1. The molecular weight excluding hydrogens is 428 g/mol. The summed E-state index contributed by atoms with van der Waals surface area (Å²) in [5.74, 6) is 1.42. The first-order chi connectivity index (χ1) is 16.6. The van der Waals surface area contributed by atoms with Crippen LogP contribution in [0.1, 0.15) is 22.5 Å². The molecule has 0 spiro atoms. The summed E-state index contributed by atoms with van der Waals surface area (Å²) >= 11 is 0. The highest BCUT2D eigenvalue weighted by molar-refractivity contribution is 5.82. The Morgan fingerprint density at radius 2 is 2.00 bits per heavy atom. The number of hydrogen-bond acceptors (Lipinski definition) is 7. The number of aromatic amines is 1. The molecule has 0 unspecified atom stereocenters. The van der Waals surface area contributed by atoms with Crippen LogP contribution < -0.4 is 5.32 Å². The molecule has 0 fully saturated rings. The zero-order valence-electron chi connectivity index (χ0n) is 18.7. The second-order valence-electron chi connectivity index (χ2n) is 8.00. The van der Waals surface area contributed by atoms with Crippen molar-refractivity contribution < 1.29 is 5.11 Å². The minimum absolute atomic E-state index is 0.0214. The predicted molar refractivity (Wildman–Crippen MR) is 129 cm³/mol. The number of nitrogens with one attached hydrogen (secondary N) is 2. The van der Waals surface area contributed by atoms with Crippen LogP contribution in [0.15, 0.2) is 55.0 Å². The molecule has 0 atom stereocenters. The van der Waals surface area contributed by atoms with Crippen molar-refractivity contribution in [2.24, 2.45) is 0 Å². The Labute approximate surface area is 195 Å². The van der Waals surface area contributed by atoms with E-state index < -0.39 is 0 Å². The van der Waals surface area contributed by atoms with Crippen LogP contribution in [0.4, 0.5) is 11.5 Å². The van der Waals surface area contributed by atoms with Crippen molar-refractivity contribution in [3.05, 3.63) is 77.5 Å². The molecule has 0 amide bonds. The minimum Gasteiger partial charge on any atom is -0.396 e.